The molecule has 0 amide bonds. The standard InChI is InChI=1S/C19H17NO/c21-17-12-6-10-15-18(13-7-2-1-3-8-13)14-9-4-5-11-16(14)20-19(15)17/h1-5,7-9,11,17,21H,6,10,12H2. The summed E-state index contributed by atoms with van der Waals surface area (Å²) in [5.74, 6) is 0. The van der Waals surface area contributed by atoms with Gasteiger partial charge in [0.2, 0.25) is 0 Å². The predicted molar refractivity (Wildman–Crippen MR) is 85.1 cm³/mol. The Bertz CT molecular complexity index is 795. The molecule has 0 fully saturated rings. The molecule has 0 aliphatic heterocycles. The molecule has 4 rings (SSSR count). The van der Waals surface area contributed by atoms with E-state index < -0.39 is 6.10 Å². The zero-order chi connectivity index (χ0) is 14.2. The number of fused-ring (bicyclic) bond motifs is 2. The lowest BCUT2D eigenvalue weighted by molar-refractivity contribution is 0.152. The van der Waals surface area contributed by atoms with E-state index in [1.165, 1.54) is 22.1 Å². The number of rotatable bonds is 1. The van der Waals surface area contributed by atoms with Crippen LogP contribution in [0.25, 0.3) is 22.0 Å². The minimum atomic E-state index is -0.430. The molecule has 1 heterocycles. The van der Waals surface area contributed by atoms with E-state index in [-0.39, 0.29) is 0 Å². The summed E-state index contributed by atoms with van der Waals surface area (Å²) in [7, 11) is 0. The minimum absolute atomic E-state index is 0.430. The van der Waals surface area contributed by atoms with E-state index in [1.54, 1.807) is 0 Å². The summed E-state index contributed by atoms with van der Waals surface area (Å²) in [6, 6.07) is 18.7. The lowest BCUT2D eigenvalue weighted by atomic mass is 9.85. The van der Waals surface area contributed by atoms with E-state index in [0.717, 1.165) is 30.5 Å². The van der Waals surface area contributed by atoms with Crippen LogP contribution in [-0.4, -0.2) is 10.1 Å². The van der Waals surface area contributed by atoms with Crippen molar-refractivity contribution in [3.8, 4) is 11.1 Å². The Labute approximate surface area is 124 Å². The second-order valence-electron chi connectivity index (χ2n) is 5.64. The number of benzene rings is 2. The Morgan fingerprint density at radius 3 is 2.57 bits per heavy atom. The first kappa shape index (κ1) is 12.5. The van der Waals surface area contributed by atoms with Crippen LogP contribution >= 0.6 is 0 Å². The van der Waals surface area contributed by atoms with Gasteiger partial charge in [-0.05, 0) is 42.0 Å². The van der Waals surface area contributed by atoms with Crippen molar-refractivity contribution in [1.82, 2.24) is 4.98 Å². The van der Waals surface area contributed by atoms with Gasteiger partial charge in [0.05, 0.1) is 17.3 Å². The Kier molecular flexibility index (Phi) is 2.97. The molecule has 2 aromatic carbocycles. The third kappa shape index (κ3) is 2.03. The van der Waals surface area contributed by atoms with Crippen LogP contribution in [0.2, 0.25) is 0 Å². The first-order valence-corrected chi connectivity index (χ1v) is 7.49. The van der Waals surface area contributed by atoms with Gasteiger partial charge in [-0.1, -0.05) is 48.5 Å². The number of aliphatic hydroxyl groups excluding tert-OH is 1. The molecule has 2 heteroatoms. The third-order valence-electron chi connectivity index (χ3n) is 4.31. The largest absolute Gasteiger partial charge is 0.387 e. The molecule has 0 saturated heterocycles. The first-order chi connectivity index (χ1) is 10.3. The van der Waals surface area contributed by atoms with E-state index >= 15 is 0 Å². The van der Waals surface area contributed by atoms with Gasteiger partial charge >= 0.3 is 0 Å². The molecule has 2 nitrogen and oxygen atoms in total. The van der Waals surface area contributed by atoms with Crippen molar-refractivity contribution in [2.45, 2.75) is 25.4 Å². The van der Waals surface area contributed by atoms with Crippen molar-refractivity contribution in [3.05, 3.63) is 65.9 Å². The fourth-order valence-corrected chi connectivity index (χ4v) is 3.34. The molecule has 0 bridgehead atoms. The maximum Gasteiger partial charge on any atom is 0.0963 e. The van der Waals surface area contributed by atoms with Crippen LogP contribution in [0, 0.1) is 0 Å². The Balaban J connectivity index is 2.11. The van der Waals surface area contributed by atoms with Crippen LogP contribution in [-0.2, 0) is 6.42 Å². The van der Waals surface area contributed by atoms with E-state index in [0.29, 0.717) is 0 Å². The highest BCUT2D eigenvalue weighted by atomic mass is 16.3. The van der Waals surface area contributed by atoms with Crippen LogP contribution in [0.3, 0.4) is 0 Å². The topological polar surface area (TPSA) is 33.1 Å². The molecule has 0 spiro atoms. The number of hydrogen-bond acceptors (Lipinski definition) is 2. The molecule has 1 aromatic heterocycles. The monoisotopic (exact) mass is 275 g/mol. The summed E-state index contributed by atoms with van der Waals surface area (Å²) in [4.78, 5) is 4.73. The normalized spacial score (nSPS) is 17.7. The summed E-state index contributed by atoms with van der Waals surface area (Å²) >= 11 is 0. The van der Waals surface area contributed by atoms with Crippen LogP contribution in [0.5, 0.6) is 0 Å². The lowest BCUT2D eigenvalue weighted by Gasteiger charge is -2.24. The molecule has 1 unspecified atom stereocenters. The van der Waals surface area contributed by atoms with Crippen molar-refractivity contribution in [2.75, 3.05) is 0 Å². The fourth-order valence-electron chi connectivity index (χ4n) is 3.34. The average molecular weight is 275 g/mol. The molecule has 0 saturated carbocycles. The van der Waals surface area contributed by atoms with Gasteiger partial charge in [0.25, 0.3) is 0 Å². The molecule has 0 radical (unpaired) electrons. The number of nitrogens with zero attached hydrogens (tertiary/aromatic N) is 1. The molecular weight excluding hydrogens is 258 g/mol. The minimum Gasteiger partial charge on any atom is -0.387 e. The van der Waals surface area contributed by atoms with Gasteiger partial charge in [-0.25, -0.2) is 4.98 Å². The van der Waals surface area contributed by atoms with Crippen LogP contribution in [0.4, 0.5) is 0 Å². The van der Waals surface area contributed by atoms with Crippen LogP contribution < -0.4 is 0 Å². The summed E-state index contributed by atoms with van der Waals surface area (Å²) in [5.41, 5.74) is 5.52. The highest BCUT2D eigenvalue weighted by Gasteiger charge is 2.24. The molecule has 21 heavy (non-hydrogen) atoms. The fraction of sp³-hybridized carbons (Fsp3) is 0.211. The van der Waals surface area contributed by atoms with Crippen molar-refractivity contribution in [1.29, 1.82) is 0 Å². The summed E-state index contributed by atoms with van der Waals surface area (Å²) in [6.07, 6.45) is 2.40. The number of aliphatic hydroxyl groups is 1. The van der Waals surface area contributed by atoms with E-state index in [1.807, 2.05) is 18.2 Å². The molecule has 1 atom stereocenters. The summed E-state index contributed by atoms with van der Waals surface area (Å²) < 4.78 is 0. The van der Waals surface area contributed by atoms with Gasteiger partial charge < -0.3 is 5.11 Å². The van der Waals surface area contributed by atoms with Gasteiger partial charge in [-0.3, -0.25) is 0 Å². The van der Waals surface area contributed by atoms with Gasteiger partial charge in [-0.2, -0.15) is 0 Å². The molecular formula is C19H17NO. The number of hydrogen-bond donors (Lipinski definition) is 1. The predicted octanol–water partition coefficient (Wildman–Crippen LogP) is 4.27. The second-order valence-corrected chi connectivity index (χ2v) is 5.64. The second kappa shape index (κ2) is 4.97. The molecule has 3 aromatic rings. The summed E-state index contributed by atoms with van der Waals surface area (Å²) in [6.45, 7) is 0. The summed E-state index contributed by atoms with van der Waals surface area (Å²) in [5, 5.41) is 11.5. The first-order valence-electron chi connectivity index (χ1n) is 7.49. The van der Waals surface area contributed by atoms with E-state index in [4.69, 9.17) is 4.98 Å². The lowest BCUT2D eigenvalue weighted by Crippen LogP contribution is -2.13. The smallest absolute Gasteiger partial charge is 0.0963 e. The Hall–Kier alpha value is -2.19. The zero-order valence-corrected chi connectivity index (χ0v) is 11.8. The molecule has 104 valence electrons. The SMILES string of the molecule is OC1CCCc2c1nc1ccccc1c2-c1ccccc1. The quantitative estimate of drug-likeness (QED) is 0.719. The van der Waals surface area contributed by atoms with Gasteiger partial charge in [0.15, 0.2) is 0 Å². The van der Waals surface area contributed by atoms with Crippen molar-refractivity contribution >= 4 is 10.9 Å². The van der Waals surface area contributed by atoms with Crippen molar-refractivity contribution < 1.29 is 5.11 Å². The van der Waals surface area contributed by atoms with Gasteiger partial charge in [0.1, 0.15) is 0 Å². The zero-order valence-electron chi connectivity index (χ0n) is 11.8. The highest BCUT2D eigenvalue weighted by molar-refractivity contribution is 5.96. The van der Waals surface area contributed by atoms with Gasteiger partial charge in [0, 0.05) is 5.39 Å². The Morgan fingerprint density at radius 1 is 0.952 bits per heavy atom. The number of aromatic nitrogens is 1. The molecule has 1 aliphatic rings. The van der Waals surface area contributed by atoms with E-state index in [9.17, 15) is 5.11 Å². The number of para-hydroxylation sites is 1. The maximum atomic E-state index is 10.3. The van der Waals surface area contributed by atoms with E-state index in [2.05, 4.69) is 36.4 Å². The maximum absolute atomic E-state index is 10.3. The molecule has 1 N–H and O–H groups in total. The van der Waals surface area contributed by atoms with Crippen molar-refractivity contribution in [3.63, 3.8) is 0 Å². The van der Waals surface area contributed by atoms with Crippen LogP contribution in [0.15, 0.2) is 54.6 Å². The Morgan fingerprint density at radius 2 is 1.71 bits per heavy atom. The van der Waals surface area contributed by atoms with Gasteiger partial charge in [-0.15, -0.1) is 0 Å². The van der Waals surface area contributed by atoms with Crippen molar-refractivity contribution in [2.24, 2.45) is 0 Å². The van der Waals surface area contributed by atoms with Crippen LogP contribution in [0.1, 0.15) is 30.2 Å². The number of pyridine rings is 1. The third-order valence-corrected chi connectivity index (χ3v) is 4.31. The highest BCUT2D eigenvalue weighted by Crippen LogP contribution is 2.39. The average Bonchev–Trinajstić information content (AvgIpc) is 2.54. The molecule has 1 aliphatic carbocycles.